The van der Waals surface area contributed by atoms with E-state index in [0.29, 0.717) is 19.6 Å². The lowest BCUT2D eigenvalue weighted by Gasteiger charge is -2.26. The van der Waals surface area contributed by atoms with Crippen molar-refractivity contribution < 1.29 is 14.7 Å². The number of hydrogen-bond acceptors (Lipinski definition) is 5. The van der Waals surface area contributed by atoms with E-state index < -0.39 is 11.4 Å². The monoisotopic (exact) mass is 377 g/mol. The van der Waals surface area contributed by atoms with Gasteiger partial charge < -0.3 is 10.0 Å². The second-order valence-electron chi connectivity index (χ2n) is 8.27. The molecule has 1 aromatic rings. The van der Waals surface area contributed by atoms with Crippen LogP contribution in [0.2, 0.25) is 0 Å². The summed E-state index contributed by atoms with van der Waals surface area (Å²) in [6.07, 6.45) is 4.19. The fraction of sp³-hybridized carbons (Fsp3) is 0.737. The molecule has 0 radical (unpaired) electrons. The Hall–Kier alpha value is -1.47. The second kappa shape index (κ2) is 6.60. The van der Waals surface area contributed by atoms with Crippen LogP contribution in [-0.4, -0.2) is 57.9 Å². The van der Waals surface area contributed by atoms with Crippen molar-refractivity contribution in [3.63, 3.8) is 0 Å². The lowest BCUT2D eigenvalue weighted by Crippen LogP contribution is -2.42. The van der Waals surface area contributed by atoms with Crippen LogP contribution in [0.3, 0.4) is 0 Å². The molecular weight excluding hydrogens is 350 g/mol. The van der Waals surface area contributed by atoms with Gasteiger partial charge in [-0.15, -0.1) is 11.3 Å². The smallest absolute Gasteiger partial charge is 0.313 e. The minimum atomic E-state index is -0.804. The minimum Gasteiger partial charge on any atom is -0.481 e. The largest absolute Gasteiger partial charge is 0.481 e. The van der Waals surface area contributed by atoms with Gasteiger partial charge in [-0.1, -0.05) is 12.8 Å². The van der Waals surface area contributed by atoms with Crippen molar-refractivity contribution in [2.24, 2.45) is 17.3 Å². The first-order chi connectivity index (χ1) is 12.4. The van der Waals surface area contributed by atoms with Crippen LogP contribution in [0.15, 0.2) is 0 Å². The average Bonchev–Trinajstić information content (AvgIpc) is 3.31. The van der Waals surface area contributed by atoms with Crippen molar-refractivity contribution in [2.75, 3.05) is 26.2 Å². The van der Waals surface area contributed by atoms with E-state index in [1.54, 1.807) is 11.3 Å². The number of fused-ring (bicyclic) bond motifs is 1. The zero-order chi connectivity index (χ0) is 18.5. The van der Waals surface area contributed by atoms with Gasteiger partial charge in [-0.25, -0.2) is 4.98 Å². The number of likely N-dealkylation sites (tertiary alicyclic amines) is 2. The number of carboxylic acid groups (broad SMARTS) is 1. The van der Waals surface area contributed by atoms with Crippen LogP contribution in [0.25, 0.3) is 0 Å². The highest BCUT2D eigenvalue weighted by Crippen LogP contribution is 2.44. The maximum Gasteiger partial charge on any atom is 0.313 e. The van der Waals surface area contributed by atoms with Crippen molar-refractivity contribution in [2.45, 2.75) is 46.1 Å². The molecule has 2 atom stereocenters. The first-order valence-electron chi connectivity index (χ1n) is 9.56. The Bertz CT molecular complexity index is 728. The van der Waals surface area contributed by atoms with Gasteiger partial charge in [0.15, 0.2) is 0 Å². The third kappa shape index (κ3) is 2.95. The van der Waals surface area contributed by atoms with E-state index in [1.807, 2.05) is 18.7 Å². The van der Waals surface area contributed by atoms with Crippen molar-refractivity contribution >= 4 is 23.2 Å². The first-order valence-corrected chi connectivity index (χ1v) is 10.4. The minimum absolute atomic E-state index is 0.0275. The SMILES string of the molecule is Cc1nc(C)c(CN2C[C@H]3CN(C(=O)C4CCCC4)C[C@@]3(C(=O)O)C2)s1. The van der Waals surface area contributed by atoms with Gasteiger partial charge in [-0.3, -0.25) is 14.5 Å². The van der Waals surface area contributed by atoms with E-state index >= 15 is 0 Å². The number of carbonyl (C=O) groups excluding carboxylic acids is 1. The molecule has 2 aliphatic heterocycles. The number of thiazole rings is 1. The van der Waals surface area contributed by atoms with E-state index in [-0.39, 0.29) is 17.7 Å². The maximum absolute atomic E-state index is 12.8. The molecule has 1 N–H and O–H groups in total. The summed E-state index contributed by atoms with van der Waals surface area (Å²) in [6, 6.07) is 0. The highest BCUT2D eigenvalue weighted by Gasteiger charge is 2.58. The molecule has 2 saturated heterocycles. The number of aryl methyl sites for hydroxylation is 2. The Morgan fingerprint density at radius 3 is 2.54 bits per heavy atom. The van der Waals surface area contributed by atoms with Crippen LogP contribution in [0.4, 0.5) is 0 Å². The summed E-state index contributed by atoms with van der Waals surface area (Å²) in [6.45, 7) is 7.03. The van der Waals surface area contributed by atoms with Gasteiger partial charge in [0.2, 0.25) is 5.91 Å². The Balaban J connectivity index is 1.47. The quantitative estimate of drug-likeness (QED) is 0.871. The van der Waals surface area contributed by atoms with Gasteiger partial charge in [0, 0.05) is 49.4 Å². The van der Waals surface area contributed by atoms with Crippen LogP contribution in [0.1, 0.15) is 41.3 Å². The van der Waals surface area contributed by atoms with Gasteiger partial charge in [0.05, 0.1) is 10.7 Å². The highest BCUT2D eigenvalue weighted by atomic mass is 32.1. The van der Waals surface area contributed by atoms with E-state index in [2.05, 4.69) is 9.88 Å². The predicted molar refractivity (Wildman–Crippen MR) is 99.0 cm³/mol. The number of hydrogen-bond donors (Lipinski definition) is 1. The van der Waals surface area contributed by atoms with E-state index in [1.165, 1.54) is 4.88 Å². The molecule has 4 rings (SSSR count). The van der Waals surface area contributed by atoms with Crippen LogP contribution in [0.5, 0.6) is 0 Å². The van der Waals surface area contributed by atoms with Gasteiger partial charge in [-0.2, -0.15) is 0 Å². The number of amides is 1. The molecule has 0 bridgehead atoms. The van der Waals surface area contributed by atoms with Crippen LogP contribution < -0.4 is 0 Å². The Labute approximate surface area is 158 Å². The van der Waals surface area contributed by atoms with Gasteiger partial charge in [0.1, 0.15) is 5.41 Å². The molecule has 3 aliphatic rings. The maximum atomic E-state index is 12.8. The normalized spacial score (nSPS) is 29.5. The average molecular weight is 378 g/mol. The molecule has 3 heterocycles. The molecule has 3 fully saturated rings. The summed E-state index contributed by atoms with van der Waals surface area (Å²) < 4.78 is 0. The molecule has 142 valence electrons. The molecule has 26 heavy (non-hydrogen) atoms. The van der Waals surface area contributed by atoms with Crippen LogP contribution >= 0.6 is 11.3 Å². The number of rotatable bonds is 4. The lowest BCUT2D eigenvalue weighted by atomic mass is 9.81. The van der Waals surface area contributed by atoms with Crippen molar-refractivity contribution in [3.05, 3.63) is 15.6 Å². The fourth-order valence-electron chi connectivity index (χ4n) is 5.11. The van der Waals surface area contributed by atoms with Gasteiger partial charge >= 0.3 is 5.97 Å². The molecular formula is C19H27N3O3S. The molecule has 0 unspecified atom stereocenters. The van der Waals surface area contributed by atoms with E-state index in [0.717, 1.165) is 49.5 Å². The number of aliphatic carboxylic acids is 1. The number of carboxylic acids is 1. The van der Waals surface area contributed by atoms with E-state index in [4.69, 9.17) is 0 Å². The molecule has 7 heteroatoms. The number of aromatic nitrogens is 1. The lowest BCUT2D eigenvalue weighted by molar-refractivity contribution is -0.149. The zero-order valence-electron chi connectivity index (χ0n) is 15.5. The molecule has 1 aliphatic carbocycles. The first kappa shape index (κ1) is 17.9. The van der Waals surface area contributed by atoms with Crippen LogP contribution in [-0.2, 0) is 16.1 Å². The Morgan fingerprint density at radius 2 is 1.96 bits per heavy atom. The second-order valence-corrected chi connectivity index (χ2v) is 9.56. The third-order valence-corrected chi connectivity index (χ3v) is 7.55. The molecule has 0 spiro atoms. The van der Waals surface area contributed by atoms with Crippen LogP contribution in [0, 0.1) is 31.1 Å². The number of nitrogens with zero attached hydrogens (tertiary/aromatic N) is 3. The topological polar surface area (TPSA) is 73.7 Å². The predicted octanol–water partition coefficient (Wildman–Crippen LogP) is 2.30. The van der Waals surface area contributed by atoms with Crippen molar-refractivity contribution in [1.29, 1.82) is 0 Å². The van der Waals surface area contributed by atoms with Gasteiger partial charge in [-0.05, 0) is 26.7 Å². The molecule has 0 aromatic carbocycles. The summed E-state index contributed by atoms with van der Waals surface area (Å²) in [5.74, 6) is -0.403. The van der Waals surface area contributed by atoms with E-state index in [9.17, 15) is 14.7 Å². The summed E-state index contributed by atoms with van der Waals surface area (Å²) in [4.78, 5) is 34.8. The zero-order valence-corrected chi connectivity index (χ0v) is 16.3. The summed E-state index contributed by atoms with van der Waals surface area (Å²) in [5.41, 5.74) is 0.244. The summed E-state index contributed by atoms with van der Waals surface area (Å²) >= 11 is 1.69. The summed E-state index contributed by atoms with van der Waals surface area (Å²) in [7, 11) is 0. The highest BCUT2D eigenvalue weighted by molar-refractivity contribution is 7.11. The third-order valence-electron chi connectivity index (χ3n) is 6.49. The summed E-state index contributed by atoms with van der Waals surface area (Å²) in [5, 5.41) is 11.1. The molecule has 1 amide bonds. The van der Waals surface area contributed by atoms with Gasteiger partial charge in [0.25, 0.3) is 0 Å². The molecule has 6 nitrogen and oxygen atoms in total. The Kier molecular flexibility index (Phi) is 4.55. The number of carbonyl (C=O) groups is 2. The fourth-order valence-corrected chi connectivity index (χ4v) is 6.09. The molecule has 1 aromatic heterocycles. The standard InChI is InChI=1S/C19H27N3O3S/c1-12-16(26-13(2)20-12)9-21-7-15-8-22(11-19(15,10-21)18(24)25)17(23)14-5-3-4-6-14/h14-15H,3-11H2,1-2H3,(H,24,25)/t15-,19-/m0/s1. The van der Waals surface area contributed by atoms with Crippen molar-refractivity contribution in [3.8, 4) is 0 Å². The molecule has 1 saturated carbocycles. The Morgan fingerprint density at radius 1 is 1.23 bits per heavy atom. The van der Waals surface area contributed by atoms with Crippen molar-refractivity contribution in [1.82, 2.24) is 14.8 Å².